The number of hydrogen-bond acceptors (Lipinski definition) is 9. The van der Waals surface area contributed by atoms with Crippen molar-refractivity contribution >= 4 is 51.1 Å². The van der Waals surface area contributed by atoms with Crippen LogP contribution in [0, 0.1) is 18.7 Å². The third-order valence-corrected chi connectivity index (χ3v) is 10.7. The van der Waals surface area contributed by atoms with E-state index in [-0.39, 0.29) is 35.7 Å². The van der Waals surface area contributed by atoms with E-state index in [1.54, 1.807) is 48.5 Å². The normalized spacial score (nSPS) is 20.7. The monoisotopic (exact) mass is 710 g/mol. The summed E-state index contributed by atoms with van der Waals surface area (Å²) in [4.78, 5) is 41.1. The van der Waals surface area contributed by atoms with E-state index in [0.717, 1.165) is 24.8 Å². The van der Waals surface area contributed by atoms with Crippen LogP contribution < -0.4 is 9.64 Å². The Morgan fingerprint density at radius 2 is 1.94 bits per heavy atom. The first-order valence-electron chi connectivity index (χ1n) is 17.2. The number of aryl methyl sites for hydroxylation is 1. The molecule has 51 heavy (non-hydrogen) atoms. The summed E-state index contributed by atoms with van der Waals surface area (Å²) in [7, 11) is 1.88. The molecule has 262 valence electrons. The summed E-state index contributed by atoms with van der Waals surface area (Å²) in [5.41, 5.74) is 0.994. The van der Waals surface area contributed by atoms with E-state index < -0.39 is 17.5 Å². The van der Waals surface area contributed by atoms with Crippen LogP contribution in [0.2, 0.25) is 5.02 Å². The van der Waals surface area contributed by atoms with E-state index in [1.807, 2.05) is 36.2 Å². The number of benzene rings is 2. The van der Waals surface area contributed by atoms with Crippen LogP contribution in [-0.4, -0.2) is 98.7 Å². The van der Waals surface area contributed by atoms with Crippen LogP contribution in [0.4, 0.5) is 14.6 Å². The van der Waals surface area contributed by atoms with Gasteiger partial charge in [0, 0.05) is 80.0 Å². The number of halogens is 3. The number of carbonyl (C=O) groups is 1. The number of aromatic nitrogens is 5. The molecule has 3 aromatic heterocycles. The zero-order chi connectivity index (χ0) is 35.3. The highest BCUT2D eigenvalue weighted by Crippen LogP contribution is 2.41. The summed E-state index contributed by atoms with van der Waals surface area (Å²) >= 11 is 6.61. The first-order chi connectivity index (χ1) is 24.7. The second-order valence-corrected chi connectivity index (χ2v) is 14.3. The minimum Gasteiger partial charge on any atom is -0.461 e. The molecule has 0 N–H and O–H groups in total. The SMILES string of the molecule is Cc1nccc(/C=C/C(=O)N2CC(CN(C)c3nc(OC[C@@]45CCCN4C[C@H](F)C5)nc4c(F)c(-c5cccc6cccc(Cl)c56)ncc34)C2)n1. The van der Waals surface area contributed by atoms with Gasteiger partial charge in [0.2, 0.25) is 5.91 Å². The summed E-state index contributed by atoms with van der Waals surface area (Å²) in [6.45, 7) is 4.90. The van der Waals surface area contributed by atoms with Gasteiger partial charge in [0.25, 0.3) is 0 Å². The lowest BCUT2D eigenvalue weighted by atomic mass is 9.95. The van der Waals surface area contributed by atoms with E-state index in [9.17, 15) is 9.18 Å². The van der Waals surface area contributed by atoms with Crippen LogP contribution in [0.3, 0.4) is 0 Å². The lowest BCUT2D eigenvalue weighted by molar-refractivity contribution is -0.131. The molecule has 0 aliphatic carbocycles. The molecule has 6 heterocycles. The number of ether oxygens (including phenoxy) is 1. The molecule has 1 amide bonds. The molecule has 0 spiro atoms. The third kappa shape index (κ3) is 6.35. The summed E-state index contributed by atoms with van der Waals surface area (Å²) in [6.07, 6.45) is 7.75. The zero-order valence-electron chi connectivity index (χ0n) is 28.4. The van der Waals surface area contributed by atoms with Crippen LogP contribution in [0.15, 0.2) is 60.9 Å². The largest absolute Gasteiger partial charge is 0.461 e. The standard InChI is InChI=1S/C38H37ClF2N8O2/c1-23-42-14-12-27(44-23)10-11-31(50)48-19-24(20-48)18-47(2)36-29-17-43-34(28-8-3-6-25-7-4-9-30(39)32(25)28)33(41)35(29)45-37(46-36)51-22-38-13-5-15-49(38)21-26(40)16-38/h3-4,6-12,14,17,24,26H,5,13,15-16,18-22H2,1-2H3/b11-10+/t26-,38+/m1/s1. The lowest BCUT2D eigenvalue weighted by Crippen LogP contribution is -2.53. The number of rotatable bonds is 9. The molecule has 0 radical (unpaired) electrons. The summed E-state index contributed by atoms with van der Waals surface area (Å²) < 4.78 is 37.5. The zero-order valence-corrected chi connectivity index (χ0v) is 29.2. The number of carbonyl (C=O) groups excluding carboxylic acids is 1. The summed E-state index contributed by atoms with van der Waals surface area (Å²) in [5, 5.41) is 2.48. The van der Waals surface area contributed by atoms with Crippen molar-refractivity contribution in [3.63, 3.8) is 0 Å². The molecule has 13 heteroatoms. The average molecular weight is 711 g/mol. The molecule has 3 aliphatic heterocycles. The topological polar surface area (TPSA) is 100 Å². The van der Waals surface area contributed by atoms with Gasteiger partial charge < -0.3 is 14.5 Å². The molecule has 0 unspecified atom stereocenters. The van der Waals surface area contributed by atoms with E-state index in [2.05, 4.69) is 24.8 Å². The maximum atomic E-state index is 16.8. The minimum absolute atomic E-state index is 0.0235. The van der Waals surface area contributed by atoms with E-state index in [1.165, 1.54) is 6.08 Å². The van der Waals surface area contributed by atoms with Crippen molar-refractivity contribution in [3.8, 4) is 17.3 Å². The first kappa shape index (κ1) is 33.3. The van der Waals surface area contributed by atoms with Gasteiger partial charge in [-0.15, -0.1) is 0 Å². The third-order valence-electron chi connectivity index (χ3n) is 10.3. The van der Waals surface area contributed by atoms with Crippen molar-refractivity contribution in [2.45, 2.75) is 37.9 Å². The van der Waals surface area contributed by atoms with Crippen LogP contribution in [0.1, 0.15) is 30.8 Å². The van der Waals surface area contributed by atoms with Crippen molar-refractivity contribution in [1.82, 2.24) is 34.7 Å². The Hall–Kier alpha value is -4.81. The Bertz CT molecular complexity index is 2170. The van der Waals surface area contributed by atoms with Gasteiger partial charge >= 0.3 is 6.01 Å². The Morgan fingerprint density at radius 3 is 2.76 bits per heavy atom. The maximum absolute atomic E-state index is 16.8. The number of amides is 1. The number of anilines is 1. The van der Waals surface area contributed by atoms with Gasteiger partial charge in [-0.25, -0.2) is 18.7 Å². The fourth-order valence-corrected chi connectivity index (χ4v) is 8.16. The van der Waals surface area contributed by atoms with Gasteiger partial charge in [-0.2, -0.15) is 9.97 Å². The smallest absolute Gasteiger partial charge is 0.319 e. The van der Waals surface area contributed by atoms with Gasteiger partial charge in [0.05, 0.1) is 16.6 Å². The molecule has 3 saturated heterocycles. The summed E-state index contributed by atoms with van der Waals surface area (Å²) in [5.74, 6) is 0.549. The molecule has 3 aliphatic rings. The van der Waals surface area contributed by atoms with Gasteiger partial charge in [-0.3, -0.25) is 14.7 Å². The number of pyridine rings is 1. The van der Waals surface area contributed by atoms with Crippen LogP contribution in [0.5, 0.6) is 6.01 Å². The molecule has 5 aromatic rings. The van der Waals surface area contributed by atoms with Crippen LogP contribution in [0.25, 0.3) is 39.0 Å². The highest BCUT2D eigenvalue weighted by atomic mass is 35.5. The number of nitrogens with zero attached hydrogens (tertiary/aromatic N) is 8. The maximum Gasteiger partial charge on any atom is 0.319 e. The molecule has 2 aromatic carbocycles. The van der Waals surface area contributed by atoms with E-state index >= 15 is 4.39 Å². The van der Waals surface area contributed by atoms with E-state index in [4.69, 9.17) is 21.3 Å². The molecule has 3 fully saturated rings. The Morgan fingerprint density at radius 1 is 1.12 bits per heavy atom. The van der Waals surface area contributed by atoms with E-state index in [0.29, 0.717) is 71.3 Å². The van der Waals surface area contributed by atoms with Crippen molar-refractivity contribution in [1.29, 1.82) is 0 Å². The highest BCUT2D eigenvalue weighted by Gasteiger charge is 2.49. The number of alkyl halides is 1. The molecular weight excluding hydrogens is 674 g/mol. The Labute approximate surface area is 299 Å². The van der Waals surface area contributed by atoms with Crippen LogP contribution >= 0.6 is 11.6 Å². The average Bonchev–Trinajstić information content (AvgIpc) is 3.63. The minimum atomic E-state index is -0.910. The van der Waals surface area contributed by atoms with Gasteiger partial charge in [-0.05, 0) is 49.9 Å². The fourth-order valence-electron chi connectivity index (χ4n) is 7.87. The number of fused-ring (bicyclic) bond motifs is 3. The molecule has 8 rings (SSSR count). The number of likely N-dealkylation sites (tertiary alicyclic amines) is 1. The van der Waals surface area contributed by atoms with Crippen molar-refractivity contribution in [3.05, 3.63) is 83.3 Å². The van der Waals surface area contributed by atoms with Crippen molar-refractivity contribution in [2.24, 2.45) is 5.92 Å². The van der Waals surface area contributed by atoms with Gasteiger partial charge in [0.1, 0.15) is 35.6 Å². The molecule has 10 nitrogen and oxygen atoms in total. The highest BCUT2D eigenvalue weighted by molar-refractivity contribution is 6.36. The molecule has 0 saturated carbocycles. The molecule has 0 bridgehead atoms. The predicted octanol–water partition coefficient (Wildman–Crippen LogP) is 6.30. The second-order valence-electron chi connectivity index (χ2n) is 13.9. The fraction of sp³-hybridized carbons (Fsp3) is 0.368. The predicted molar refractivity (Wildman–Crippen MR) is 193 cm³/mol. The van der Waals surface area contributed by atoms with Crippen LogP contribution in [-0.2, 0) is 4.79 Å². The Kier molecular flexibility index (Phi) is 8.75. The van der Waals surface area contributed by atoms with Gasteiger partial charge in [-0.1, -0.05) is 41.9 Å². The lowest BCUT2D eigenvalue weighted by Gasteiger charge is -2.40. The van der Waals surface area contributed by atoms with Crippen molar-refractivity contribution in [2.75, 3.05) is 51.3 Å². The molecular formula is C38H37ClF2N8O2. The summed E-state index contributed by atoms with van der Waals surface area (Å²) in [6, 6.07) is 12.9. The molecule has 2 atom stereocenters. The first-order valence-corrected chi connectivity index (χ1v) is 17.6. The second kappa shape index (κ2) is 13.4. The quantitative estimate of drug-likeness (QED) is 0.163. The van der Waals surface area contributed by atoms with Crippen molar-refractivity contribution < 1.29 is 18.3 Å². The number of hydrogen-bond donors (Lipinski definition) is 0. The Balaban J connectivity index is 1.08. The van der Waals surface area contributed by atoms with Gasteiger partial charge in [0.15, 0.2) is 5.82 Å².